The van der Waals surface area contributed by atoms with Gasteiger partial charge >= 0.3 is 0 Å². The van der Waals surface area contributed by atoms with Crippen molar-refractivity contribution in [2.45, 2.75) is 0 Å². The first kappa shape index (κ1) is 11.2. The molecule has 1 rings (SSSR count). The molecule has 1 aromatic rings. The van der Waals surface area contributed by atoms with Gasteiger partial charge in [0.15, 0.2) is 5.82 Å². The molecular formula is C6H3FN2NaO2. The zero-order chi connectivity index (χ0) is 8.43. The molecule has 0 bridgehead atoms. The number of aromatic amines is 1. The molecule has 6 heteroatoms. The Morgan fingerprint density at radius 2 is 2.25 bits per heavy atom. The van der Waals surface area contributed by atoms with Gasteiger partial charge in [-0.2, -0.15) is 5.26 Å². The van der Waals surface area contributed by atoms with E-state index in [1.54, 1.807) is 4.98 Å². The SMILES string of the molecule is N#Cc1cc(F)c(O)[nH]c1=O.[Na]. The van der Waals surface area contributed by atoms with Crippen molar-refractivity contribution >= 4 is 29.6 Å². The maximum atomic E-state index is 12.4. The van der Waals surface area contributed by atoms with Crippen molar-refractivity contribution in [1.29, 1.82) is 5.26 Å². The molecule has 57 valence electrons. The number of aromatic nitrogens is 1. The van der Waals surface area contributed by atoms with Crippen molar-refractivity contribution in [3.8, 4) is 11.9 Å². The van der Waals surface area contributed by atoms with E-state index >= 15 is 0 Å². The Morgan fingerprint density at radius 1 is 1.67 bits per heavy atom. The van der Waals surface area contributed by atoms with E-state index in [4.69, 9.17) is 10.4 Å². The molecule has 0 saturated heterocycles. The van der Waals surface area contributed by atoms with Crippen molar-refractivity contribution in [3.63, 3.8) is 0 Å². The normalized spacial score (nSPS) is 8.33. The van der Waals surface area contributed by atoms with E-state index in [1.165, 1.54) is 6.07 Å². The molecule has 0 aliphatic heterocycles. The van der Waals surface area contributed by atoms with Crippen LogP contribution in [0.5, 0.6) is 5.88 Å². The number of H-pyrrole nitrogens is 1. The van der Waals surface area contributed by atoms with Crippen molar-refractivity contribution < 1.29 is 9.50 Å². The van der Waals surface area contributed by atoms with Crippen LogP contribution in [0.1, 0.15) is 5.56 Å². The van der Waals surface area contributed by atoms with Gasteiger partial charge in [-0.05, 0) is 0 Å². The average Bonchev–Trinajstić information content (AvgIpc) is 1.97. The van der Waals surface area contributed by atoms with Gasteiger partial charge in [0.1, 0.15) is 11.6 Å². The van der Waals surface area contributed by atoms with Crippen LogP contribution < -0.4 is 5.56 Å². The third-order valence-electron chi connectivity index (χ3n) is 1.09. The fourth-order valence-corrected chi connectivity index (χ4v) is 0.578. The maximum Gasteiger partial charge on any atom is 0.268 e. The van der Waals surface area contributed by atoms with Crippen LogP contribution in [0.4, 0.5) is 4.39 Å². The van der Waals surface area contributed by atoms with Crippen LogP contribution in [-0.4, -0.2) is 39.6 Å². The molecule has 0 aromatic carbocycles. The number of aromatic hydroxyl groups is 1. The molecule has 2 N–H and O–H groups in total. The summed E-state index contributed by atoms with van der Waals surface area (Å²) in [6.07, 6.45) is 0. The Bertz CT molecular complexity index is 382. The quantitative estimate of drug-likeness (QED) is 0.534. The molecule has 1 radical (unpaired) electrons. The predicted molar refractivity (Wildman–Crippen MR) is 39.2 cm³/mol. The minimum absolute atomic E-state index is 0. The topological polar surface area (TPSA) is 76.9 Å². The van der Waals surface area contributed by atoms with E-state index < -0.39 is 17.3 Å². The first-order chi connectivity index (χ1) is 5.15. The molecule has 0 saturated carbocycles. The number of hydrogen-bond donors (Lipinski definition) is 2. The van der Waals surface area contributed by atoms with Crippen LogP contribution in [0.3, 0.4) is 0 Å². The molecule has 0 atom stereocenters. The molecule has 1 heterocycles. The molecule has 4 nitrogen and oxygen atoms in total. The van der Waals surface area contributed by atoms with Gasteiger partial charge in [-0.1, -0.05) is 0 Å². The molecule has 0 aliphatic carbocycles. The number of halogens is 1. The van der Waals surface area contributed by atoms with E-state index in [0.717, 1.165) is 0 Å². The van der Waals surface area contributed by atoms with Crippen LogP contribution in [0.25, 0.3) is 0 Å². The summed E-state index contributed by atoms with van der Waals surface area (Å²) in [4.78, 5) is 12.4. The smallest absolute Gasteiger partial charge is 0.268 e. The maximum absolute atomic E-state index is 12.4. The minimum atomic E-state index is -1.01. The Kier molecular flexibility index (Phi) is 3.96. The van der Waals surface area contributed by atoms with E-state index in [-0.39, 0.29) is 35.1 Å². The Hall–Kier alpha value is -0.830. The van der Waals surface area contributed by atoms with Gasteiger partial charge in [-0.3, -0.25) is 9.78 Å². The summed E-state index contributed by atoms with van der Waals surface area (Å²) in [5.41, 5.74) is -1.16. The molecule has 0 amide bonds. The summed E-state index contributed by atoms with van der Waals surface area (Å²) in [5, 5.41) is 16.8. The van der Waals surface area contributed by atoms with Gasteiger partial charge in [0.05, 0.1) is 0 Å². The Labute approximate surface area is 88.9 Å². The zero-order valence-corrected chi connectivity index (χ0v) is 8.26. The van der Waals surface area contributed by atoms with Crippen LogP contribution in [-0.2, 0) is 0 Å². The molecule has 1 aromatic heterocycles. The summed E-state index contributed by atoms with van der Waals surface area (Å²) in [6.45, 7) is 0. The van der Waals surface area contributed by atoms with Gasteiger partial charge in [0.25, 0.3) is 5.56 Å². The Morgan fingerprint density at radius 3 is 2.75 bits per heavy atom. The van der Waals surface area contributed by atoms with Crippen LogP contribution in [0.2, 0.25) is 0 Å². The molecule has 12 heavy (non-hydrogen) atoms. The van der Waals surface area contributed by atoms with E-state index in [1.807, 2.05) is 0 Å². The first-order valence-electron chi connectivity index (χ1n) is 2.67. The number of nitrogens with one attached hydrogen (secondary N) is 1. The van der Waals surface area contributed by atoms with Gasteiger partial charge in [-0.25, -0.2) is 4.39 Å². The third kappa shape index (κ3) is 2.08. The third-order valence-corrected chi connectivity index (χ3v) is 1.09. The number of nitrogens with zero attached hydrogens (tertiary/aromatic N) is 1. The second kappa shape index (κ2) is 4.26. The van der Waals surface area contributed by atoms with Crippen molar-refractivity contribution in [3.05, 3.63) is 27.8 Å². The standard InChI is InChI=1S/C6H3FN2O2.Na/c7-4-1-3(2-8)5(10)9-6(4)11;/h1H,(H2,9,10,11);. The van der Waals surface area contributed by atoms with Gasteiger partial charge in [0, 0.05) is 35.6 Å². The van der Waals surface area contributed by atoms with Crippen molar-refractivity contribution in [1.82, 2.24) is 4.98 Å². The summed E-state index contributed by atoms with van der Waals surface area (Å²) in [5.74, 6) is -1.87. The van der Waals surface area contributed by atoms with E-state index in [0.29, 0.717) is 6.07 Å². The fraction of sp³-hybridized carbons (Fsp3) is 0. The Balaban J connectivity index is 0.00000121. The van der Waals surface area contributed by atoms with Crippen LogP contribution in [0.15, 0.2) is 10.9 Å². The predicted octanol–water partition coefficient (Wildman–Crippen LogP) is -0.290. The molecule has 0 aliphatic rings. The second-order valence-electron chi connectivity index (χ2n) is 1.82. The summed E-state index contributed by atoms with van der Waals surface area (Å²) in [7, 11) is 0. The van der Waals surface area contributed by atoms with Crippen LogP contribution in [0, 0.1) is 17.1 Å². The molecular weight excluding hydrogens is 174 g/mol. The fourth-order valence-electron chi connectivity index (χ4n) is 0.578. The minimum Gasteiger partial charge on any atom is -0.492 e. The second-order valence-corrected chi connectivity index (χ2v) is 1.82. The average molecular weight is 177 g/mol. The number of pyridine rings is 1. The number of hydrogen-bond acceptors (Lipinski definition) is 3. The van der Waals surface area contributed by atoms with E-state index in [2.05, 4.69) is 0 Å². The largest absolute Gasteiger partial charge is 0.492 e. The first-order valence-corrected chi connectivity index (χ1v) is 2.67. The van der Waals surface area contributed by atoms with Gasteiger partial charge in [-0.15, -0.1) is 0 Å². The van der Waals surface area contributed by atoms with Crippen molar-refractivity contribution in [2.75, 3.05) is 0 Å². The number of rotatable bonds is 0. The monoisotopic (exact) mass is 177 g/mol. The van der Waals surface area contributed by atoms with Crippen molar-refractivity contribution in [2.24, 2.45) is 0 Å². The molecule has 0 fully saturated rings. The van der Waals surface area contributed by atoms with Gasteiger partial charge < -0.3 is 5.11 Å². The van der Waals surface area contributed by atoms with Gasteiger partial charge in [0.2, 0.25) is 5.88 Å². The number of nitriles is 1. The molecule has 0 spiro atoms. The summed E-state index contributed by atoms with van der Waals surface area (Å²) >= 11 is 0. The van der Waals surface area contributed by atoms with E-state index in [9.17, 15) is 9.18 Å². The summed E-state index contributed by atoms with van der Waals surface area (Å²) < 4.78 is 12.4. The van der Waals surface area contributed by atoms with Crippen LogP contribution >= 0.6 is 0 Å². The molecule has 0 unspecified atom stereocenters. The zero-order valence-electron chi connectivity index (χ0n) is 6.26. The summed E-state index contributed by atoms with van der Waals surface area (Å²) in [6, 6.07) is 2.14.